The summed E-state index contributed by atoms with van der Waals surface area (Å²) in [4.78, 5) is 34.5. The average molecular weight is 326 g/mol. The molecule has 0 saturated carbocycles. The highest BCUT2D eigenvalue weighted by molar-refractivity contribution is 8.13. The van der Waals surface area contributed by atoms with Crippen LogP contribution >= 0.6 is 11.8 Å². The van der Waals surface area contributed by atoms with E-state index in [4.69, 9.17) is 14.2 Å². The van der Waals surface area contributed by atoms with Gasteiger partial charge in [-0.25, -0.2) is 4.79 Å². The molecule has 0 aromatic heterocycles. The molecule has 1 rings (SSSR count). The van der Waals surface area contributed by atoms with Crippen molar-refractivity contribution >= 4 is 29.0 Å². The Hall–Kier alpha value is -2.02. The SMILES string of the molecule is CC(=O)OC(OC(=O)OC(C)C)C(=O)SCc1ccccc1. The van der Waals surface area contributed by atoms with Gasteiger partial charge in [0, 0.05) is 12.7 Å². The molecule has 22 heavy (non-hydrogen) atoms. The molecule has 0 N–H and O–H groups in total. The standard InChI is InChI=1S/C15H18O6S/c1-10(2)19-15(18)21-14(20-11(3)16)13(17)22-9-12-7-5-4-6-8-12/h4-8,10,14H,9H2,1-3H3. The minimum atomic E-state index is -1.61. The predicted molar refractivity (Wildman–Crippen MR) is 81.0 cm³/mol. The van der Waals surface area contributed by atoms with Gasteiger partial charge in [0.15, 0.2) is 0 Å². The molecule has 1 unspecified atom stereocenters. The van der Waals surface area contributed by atoms with Crippen LogP contribution in [-0.2, 0) is 29.6 Å². The summed E-state index contributed by atoms with van der Waals surface area (Å²) in [7, 11) is 0. The van der Waals surface area contributed by atoms with Crippen LogP contribution in [0.1, 0.15) is 26.3 Å². The van der Waals surface area contributed by atoms with E-state index in [1.165, 1.54) is 0 Å². The number of hydrogen-bond donors (Lipinski definition) is 0. The third kappa shape index (κ3) is 7.12. The minimum Gasteiger partial charge on any atom is -0.431 e. The lowest BCUT2D eigenvalue weighted by atomic mass is 10.2. The number of esters is 1. The number of ether oxygens (including phenoxy) is 3. The number of thioether (sulfide) groups is 1. The molecule has 1 aromatic carbocycles. The Bertz CT molecular complexity index is 514. The molecule has 7 heteroatoms. The van der Waals surface area contributed by atoms with E-state index in [0.717, 1.165) is 24.2 Å². The van der Waals surface area contributed by atoms with Gasteiger partial charge in [-0.2, -0.15) is 0 Å². The minimum absolute atomic E-state index is 0.375. The fourth-order valence-corrected chi connectivity index (χ4v) is 2.11. The molecule has 120 valence electrons. The molecule has 1 atom stereocenters. The molecule has 0 fully saturated rings. The molecule has 6 nitrogen and oxygen atoms in total. The van der Waals surface area contributed by atoms with E-state index in [1.54, 1.807) is 13.8 Å². The van der Waals surface area contributed by atoms with Crippen LogP contribution in [0.3, 0.4) is 0 Å². The maximum absolute atomic E-state index is 12.0. The van der Waals surface area contributed by atoms with Crippen molar-refractivity contribution in [3.05, 3.63) is 35.9 Å². The van der Waals surface area contributed by atoms with Crippen molar-refractivity contribution in [3.8, 4) is 0 Å². The first-order chi connectivity index (χ1) is 10.4. The molecule has 0 saturated heterocycles. The molecule has 0 spiro atoms. The zero-order chi connectivity index (χ0) is 16.5. The van der Waals surface area contributed by atoms with Gasteiger partial charge < -0.3 is 14.2 Å². The third-order valence-electron chi connectivity index (χ3n) is 2.22. The van der Waals surface area contributed by atoms with Crippen molar-refractivity contribution in [3.63, 3.8) is 0 Å². The van der Waals surface area contributed by atoms with Crippen LogP contribution in [0.15, 0.2) is 30.3 Å². The fourth-order valence-electron chi connectivity index (χ4n) is 1.38. The maximum atomic E-state index is 12.0. The van der Waals surface area contributed by atoms with E-state index in [1.807, 2.05) is 30.3 Å². The van der Waals surface area contributed by atoms with E-state index < -0.39 is 29.6 Å². The topological polar surface area (TPSA) is 78.9 Å². The van der Waals surface area contributed by atoms with Crippen LogP contribution in [0.25, 0.3) is 0 Å². The summed E-state index contributed by atoms with van der Waals surface area (Å²) in [6.45, 7) is 4.39. The van der Waals surface area contributed by atoms with Gasteiger partial charge in [0.25, 0.3) is 5.12 Å². The molecule has 0 aliphatic carbocycles. The van der Waals surface area contributed by atoms with Crippen molar-refractivity contribution in [1.82, 2.24) is 0 Å². The Morgan fingerprint density at radius 1 is 1.05 bits per heavy atom. The van der Waals surface area contributed by atoms with Gasteiger partial charge in [-0.3, -0.25) is 9.59 Å². The van der Waals surface area contributed by atoms with Gasteiger partial charge in [-0.15, -0.1) is 0 Å². The average Bonchev–Trinajstić information content (AvgIpc) is 2.43. The van der Waals surface area contributed by atoms with Crippen molar-refractivity contribution < 1.29 is 28.6 Å². The molecular formula is C15H18O6S. The summed E-state index contributed by atoms with van der Waals surface area (Å²) in [6.07, 6.45) is -3.08. The summed E-state index contributed by atoms with van der Waals surface area (Å²) < 4.78 is 14.2. The smallest absolute Gasteiger partial charge is 0.431 e. The molecular weight excluding hydrogens is 308 g/mol. The van der Waals surface area contributed by atoms with Crippen LogP contribution < -0.4 is 0 Å². The zero-order valence-electron chi connectivity index (χ0n) is 12.6. The Kier molecular flexibility index (Phi) is 7.45. The Morgan fingerprint density at radius 3 is 2.23 bits per heavy atom. The first-order valence-corrected chi connectivity index (χ1v) is 7.62. The summed E-state index contributed by atoms with van der Waals surface area (Å²) in [5.41, 5.74) is 0.923. The highest BCUT2D eigenvalue weighted by Gasteiger charge is 2.27. The molecule has 1 aromatic rings. The summed E-state index contributed by atoms with van der Waals surface area (Å²) in [6, 6.07) is 9.27. The van der Waals surface area contributed by atoms with Crippen molar-refractivity contribution in [1.29, 1.82) is 0 Å². The lowest BCUT2D eigenvalue weighted by Gasteiger charge is -2.16. The molecule has 0 amide bonds. The molecule has 0 heterocycles. The highest BCUT2D eigenvalue weighted by atomic mass is 32.2. The summed E-state index contributed by atoms with van der Waals surface area (Å²) in [5.74, 6) is -0.351. The predicted octanol–water partition coefficient (Wildman–Crippen LogP) is 2.90. The summed E-state index contributed by atoms with van der Waals surface area (Å²) in [5, 5.41) is -0.584. The van der Waals surface area contributed by atoms with E-state index in [0.29, 0.717) is 5.75 Å². The van der Waals surface area contributed by atoms with Crippen LogP contribution in [0.4, 0.5) is 4.79 Å². The second kappa shape index (κ2) is 9.09. The first-order valence-electron chi connectivity index (χ1n) is 6.63. The van der Waals surface area contributed by atoms with Crippen LogP contribution in [0.2, 0.25) is 0 Å². The molecule has 0 aliphatic heterocycles. The molecule has 0 radical (unpaired) electrons. The zero-order valence-corrected chi connectivity index (χ0v) is 13.4. The van der Waals surface area contributed by atoms with Crippen molar-refractivity contribution in [2.24, 2.45) is 0 Å². The number of hydrogen-bond acceptors (Lipinski definition) is 7. The molecule has 0 bridgehead atoms. The lowest BCUT2D eigenvalue weighted by Crippen LogP contribution is -2.31. The van der Waals surface area contributed by atoms with Gasteiger partial charge in [0.05, 0.1) is 6.10 Å². The largest absolute Gasteiger partial charge is 0.512 e. The Labute approximate surface area is 133 Å². The summed E-state index contributed by atoms with van der Waals surface area (Å²) >= 11 is 0.892. The Balaban J connectivity index is 2.59. The van der Waals surface area contributed by atoms with Gasteiger partial charge in [0.2, 0.25) is 0 Å². The maximum Gasteiger partial charge on any atom is 0.512 e. The van der Waals surface area contributed by atoms with Crippen molar-refractivity contribution in [2.75, 3.05) is 0 Å². The first kappa shape index (κ1) is 18.0. The lowest BCUT2D eigenvalue weighted by molar-refractivity contribution is -0.172. The van der Waals surface area contributed by atoms with E-state index in [9.17, 15) is 14.4 Å². The number of carbonyl (C=O) groups excluding carboxylic acids is 3. The Morgan fingerprint density at radius 2 is 1.68 bits per heavy atom. The van der Waals surface area contributed by atoms with Gasteiger partial charge >= 0.3 is 18.4 Å². The van der Waals surface area contributed by atoms with E-state index >= 15 is 0 Å². The van der Waals surface area contributed by atoms with Crippen LogP contribution in [-0.4, -0.2) is 29.6 Å². The van der Waals surface area contributed by atoms with E-state index in [-0.39, 0.29) is 0 Å². The molecule has 0 aliphatic rings. The second-order valence-electron chi connectivity index (χ2n) is 4.57. The van der Waals surface area contributed by atoms with Gasteiger partial charge in [-0.1, -0.05) is 42.1 Å². The van der Waals surface area contributed by atoms with Crippen molar-refractivity contribution in [2.45, 2.75) is 38.9 Å². The second-order valence-corrected chi connectivity index (χ2v) is 5.55. The highest BCUT2D eigenvalue weighted by Crippen LogP contribution is 2.17. The number of benzene rings is 1. The third-order valence-corrected chi connectivity index (χ3v) is 3.18. The fraction of sp³-hybridized carbons (Fsp3) is 0.400. The van der Waals surface area contributed by atoms with Gasteiger partial charge in [0.1, 0.15) is 0 Å². The number of rotatable bonds is 6. The van der Waals surface area contributed by atoms with E-state index in [2.05, 4.69) is 0 Å². The van der Waals surface area contributed by atoms with Gasteiger partial charge in [-0.05, 0) is 19.4 Å². The monoisotopic (exact) mass is 326 g/mol. The van der Waals surface area contributed by atoms with Crippen LogP contribution in [0, 0.1) is 0 Å². The quantitative estimate of drug-likeness (QED) is 0.587. The number of carbonyl (C=O) groups is 3. The normalized spacial score (nSPS) is 11.6. The van der Waals surface area contributed by atoms with Crippen LogP contribution in [0.5, 0.6) is 0 Å².